The maximum absolute atomic E-state index is 12.2. The number of aliphatic hydroxyl groups is 1. The van der Waals surface area contributed by atoms with E-state index >= 15 is 0 Å². The third-order valence-corrected chi connectivity index (χ3v) is 5.54. The molecule has 8 heteroatoms. The number of alkyl carbamates (subject to hydrolysis) is 1. The molecule has 3 atom stereocenters. The van der Waals surface area contributed by atoms with Crippen LogP contribution in [0.15, 0.2) is 48.5 Å². The zero-order valence-electron chi connectivity index (χ0n) is 18.1. The van der Waals surface area contributed by atoms with Crippen molar-refractivity contribution in [3.8, 4) is 11.1 Å². The van der Waals surface area contributed by atoms with E-state index in [-0.39, 0.29) is 31.4 Å². The molecule has 170 valence electrons. The van der Waals surface area contributed by atoms with Crippen LogP contribution in [0.1, 0.15) is 37.3 Å². The van der Waals surface area contributed by atoms with Gasteiger partial charge in [0, 0.05) is 18.9 Å². The Hall–Kier alpha value is -3.39. The van der Waals surface area contributed by atoms with E-state index in [2.05, 4.69) is 22.8 Å². The lowest BCUT2D eigenvalue weighted by molar-refractivity contribution is -0.144. The number of aliphatic hydroxyl groups excluding tert-OH is 1. The first-order valence-corrected chi connectivity index (χ1v) is 10.6. The lowest BCUT2D eigenvalue weighted by Gasteiger charge is -2.19. The number of ether oxygens (including phenoxy) is 1. The number of hydrogen-bond donors (Lipinski definition) is 4. The molecule has 0 heterocycles. The van der Waals surface area contributed by atoms with Crippen LogP contribution in [0.5, 0.6) is 0 Å². The van der Waals surface area contributed by atoms with E-state index in [9.17, 15) is 19.5 Å². The van der Waals surface area contributed by atoms with Gasteiger partial charge in [0.25, 0.3) is 0 Å². The fraction of sp³-hybridized carbons (Fsp3) is 0.375. The van der Waals surface area contributed by atoms with Crippen LogP contribution in [0.25, 0.3) is 11.1 Å². The predicted octanol–water partition coefficient (Wildman–Crippen LogP) is 2.50. The van der Waals surface area contributed by atoms with Crippen molar-refractivity contribution in [2.75, 3.05) is 13.2 Å². The van der Waals surface area contributed by atoms with E-state index in [1.165, 1.54) is 6.92 Å². The van der Waals surface area contributed by atoms with Crippen LogP contribution < -0.4 is 10.6 Å². The van der Waals surface area contributed by atoms with E-state index in [0.717, 1.165) is 22.3 Å². The van der Waals surface area contributed by atoms with Crippen LogP contribution >= 0.6 is 0 Å². The summed E-state index contributed by atoms with van der Waals surface area (Å²) in [6, 6.07) is 14.8. The van der Waals surface area contributed by atoms with Gasteiger partial charge < -0.3 is 25.6 Å². The van der Waals surface area contributed by atoms with Gasteiger partial charge in [-0.2, -0.15) is 0 Å². The highest BCUT2D eigenvalue weighted by atomic mass is 16.5. The van der Waals surface area contributed by atoms with E-state index in [0.29, 0.717) is 0 Å². The van der Waals surface area contributed by atoms with Crippen molar-refractivity contribution < 1.29 is 29.3 Å². The topological polar surface area (TPSA) is 125 Å². The minimum Gasteiger partial charge on any atom is -0.480 e. The van der Waals surface area contributed by atoms with Gasteiger partial charge in [-0.1, -0.05) is 55.5 Å². The zero-order valence-corrected chi connectivity index (χ0v) is 18.1. The molecule has 8 nitrogen and oxygen atoms in total. The van der Waals surface area contributed by atoms with Gasteiger partial charge in [0.05, 0.1) is 6.10 Å². The van der Waals surface area contributed by atoms with Crippen LogP contribution in [-0.4, -0.2) is 53.5 Å². The molecule has 0 aliphatic heterocycles. The zero-order chi connectivity index (χ0) is 23.3. The maximum atomic E-state index is 12.2. The van der Waals surface area contributed by atoms with E-state index in [4.69, 9.17) is 9.84 Å². The Bertz CT molecular complexity index is 944. The Balaban J connectivity index is 1.48. The molecule has 0 saturated heterocycles. The fourth-order valence-corrected chi connectivity index (χ4v) is 3.92. The highest BCUT2D eigenvalue weighted by Crippen LogP contribution is 2.44. The average molecular weight is 440 g/mol. The van der Waals surface area contributed by atoms with Gasteiger partial charge in [-0.3, -0.25) is 4.79 Å². The van der Waals surface area contributed by atoms with Crippen molar-refractivity contribution >= 4 is 18.0 Å². The molecule has 0 fully saturated rings. The Morgan fingerprint density at radius 3 is 2.09 bits per heavy atom. The molecule has 32 heavy (non-hydrogen) atoms. The summed E-state index contributed by atoms with van der Waals surface area (Å²) in [5, 5.41) is 23.4. The van der Waals surface area contributed by atoms with Gasteiger partial charge in [0.15, 0.2) is 6.04 Å². The maximum Gasteiger partial charge on any atom is 0.407 e. The van der Waals surface area contributed by atoms with E-state index in [1.54, 1.807) is 6.92 Å². The number of fused-ring (bicyclic) bond motifs is 3. The molecule has 2 aromatic carbocycles. The first-order valence-electron chi connectivity index (χ1n) is 10.6. The first-order chi connectivity index (χ1) is 15.3. The van der Waals surface area contributed by atoms with Crippen molar-refractivity contribution in [2.45, 2.75) is 38.3 Å². The van der Waals surface area contributed by atoms with Crippen LogP contribution in [0.2, 0.25) is 0 Å². The lowest BCUT2D eigenvalue weighted by Crippen LogP contribution is -2.48. The molecule has 1 aliphatic rings. The molecule has 3 rings (SSSR count). The Morgan fingerprint density at radius 1 is 1.00 bits per heavy atom. The monoisotopic (exact) mass is 440 g/mol. The SMILES string of the molecule is CC(CNC(=O)OCC1c2ccccc2-c2ccccc21)CC(=O)N[C@H](C(=O)O)[C@@H](C)O. The average Bonchev–Trinajstić information content (AvgIpc) is 3.08. The number of amides is 2. The molecule has 4 N–H and O–H groups in total. The molecule has 0 saturated carbocycles. The molecule has 0 aromatic heterocycles. The van der Waals surface area contributed by atoms with E-state index < -0.39 is 30.1 Å². The molecule has 2 aromatic rings. The van der Waals surface area contributed by atoms with Crippen LogP contribution in [0.4, 0.5) is 4.79 Å². The number of carboxylic acid groups (broad SMARTS) is 1. The van der Waals surface area contributed by atoms with Crippen molar-refractivity contribution in [2.24, 2.45) is 5.92 Å². The minimum absolute atomic E-state index is 0.000154. The quantitative estimate of drug-likeness (QED) is 0.475. The molecular formula is C24H28N2O6. The third kappa shape index (κ3) is 5.45. The van der Waals surface area contributed by atoms with E-state index in [1.807, 2.05) is 36.4 Å². The van der Waals surface area contributed by atoms with Crippen molar-refractivity contribution in [1.29, 1.82) is 0 Å². The summed E-state index contributed by atoms with van der Waals surface area (Å²) in [7, 11) is 0. The van der Waals surface area contributed by atoms with Crippen molar-refractivity contribution in [3.63, 3.8) is 0 Å². The van der Waals surface area contributed by atoms with Gasteiger partial charge in [0.1, 0.15) is 6.61 Å². The second kappa shape index (κ2) is 10.3. The Morgan fingerprint density at radius 2 is 1.56 bits per heavy atom. The van der Waals surface area contributed by atoms with Crippen LogP contribution in [-0.2, 0) is 14.3 Å². The Kier molecular flexibility index (Phi) is 7.48. The molecule has 1 unspecified atom stereocenters. The van der Waals surface area contributed by atoms with Gasteiger partial charge in [-0.15, -0.1) is 0 Å². The van der Waals surface area contributed by atoms with Crippen molar-refractivity contribution in [1.82, 2.24) is 10.6 Å². The number of nitrogens with one attached hydrogen (secondary N) is 2. The number of rotatable bonds is 9. The largest absolute Gasteiger partial charge is 0.480 e. The number of aliphatic carboxylic acids is 1. The number of carbonyl (C=O) groups is 3. The number of carboxylic acids is 1. The standard InChI is InChI=1S/C24H28N2O6/c1-14(11-21(28)26-22(15(2)27)23(29)30)12-25-24(31)32-13-20-18-9-5-3-7-16(18)17-8-4-6-10-19(17)20/h3-10,14-15,20,22,27H,11-13H2,1-2H3,(H,25,31)(H,26,28)(H,29,30)/t14?,15-,22+/m1/s1. The number of hydrogen-bond acceptors (Lipinski definition) is 5. The lowest BCUT2D eigenvalue weighted by atomic mass is 9.98. The van der Waals surface area contributed by atoms with Crippen LogP contribution in [0, 0.1) is 5.92 Å². The second-order valence-electron chi connectivity index (χ2n) is 8.14. The third-order valence-electron chi connectivity index (χ3n) is 5.54. The summed E-state index contributed by atoms with van der Waals surface area (Å²) in [6.07, 6.45) is -1.79. The Labute approximate surface area is 186 Å². The molecule has 0 radical (unpaired) electrons. The molecule has 0 spiro atoms. The summed E-state index contributed by atoms with van der Waals surface area (Å²) in [6.45, 7) is 3.43. The van der Waals surface area contributed by atoms with Gasteiger partial charge in [0.2, 0.25) is 5.91 Å². The molecule has 2 amide bonds. The summed E-state index contributed by atoms with van der Waals surface area (Å²) in [5.41, 5.74) is 4.54. The first kappa shape index (κ1) is 23.3. The number of benzene rings is 2. The fourth-order valence-electron chi connectivity index (χ4n) is 3.92. The van der Waals surface area contributed by atoms with Gasteiger partial charge >= 0.3 is 12.1 Å². The van der Waals surface area contributed by atoms with Gasteiger partial charge in [-0.25, -0.2) is 9.59 Å². The normalized spacial score (nSPS) is 15.1. The summed E-state index contributed by atoms with van der Waals surface area (Å²) < 4.78 is 5.46. The molecule has 0 bridgehead atoms. The summed E-state index contributed by atoms with van der Waals surface area (Å²) in [4.78, 5) is 35.3. The summed E-state index contributed by atoms with van der Waals surface area (Å²) >= 11 is 0. The highest BCUT2D eigenvalue weighted by molar-refractivity contribution is 5.84. The summed E-state index contributed by atoms with van der Waals surface area (Å²) in [5.74, 6) is -2.11. The molecular weight excluding hydrogens is 412 g/mol. The minimum atomic E-state index is -1.37. The van der Waals surface area contributed by atoms with Gasteiger partial charge in [-0.05, 0) is 35.1 Å². The predicted molar refractivity (Wildman–Crippen MR) is 118 cm³/mol. The van der Waals surface area contributed by atoms with Crippen LogP contribution in [0.3, 0.4) is 0 Å². The smallest absolute Gasteiger partial charge is 0.407 e. The number of carbonyl (C=O) groups excluding carboxylic acids is 2. The van der Waals surface area contributed by atoms with Crippen molar-refractivity contribution in [3.05, 3.63) is 59.7 Å². The molecule has 1 aliphatic carbocycles. The second-order valence-corrected chi connectivity index (χ2v) is 8.14. The highest BCUT2D eigenvalue weighted by Gasteiger charge is 2.29.